The van der Waals surface area contributed by atoms with Crippen molar-refractivity contribution in [2.75, 3.05) is 6.54 Å². The Labute approximate surface area is 112 Å². The molecule has 1 saturated heterocycles. The third kappa shape index (κ3) is 5.43. The van der Waals surface area contributed by atoms with Crippen LogP contribution in [-0.2, 0) is 14.4 Å². The van der Waals surface area contributed by atoms with Crippen LogP contribution in [0.25, 0.3) is 0 Å². The molecule has 0 spiro atoms. The van der Waals surface area contributed by atoms with E-state index in [1.165, 1.54) is 4.90 Å². The van der Waals surface area contributed by atoms with E-state index in [-0.39, 0.29) is 5.91 Å². The van der Waals surface area contributed by atoms with Crippen LogP contribution in [0.4, 0.5) is 13.2 Å². The molecule has 1 heterocycles. The molecule has 1 aliphatic rings. The summed E-state index contributed by atoms with van der Waals surface area (Å²) in [5, 5.41) is 7.12. The molecule has 1 fully saturated rings. The van der Waals surface area contributed by atoms with Crippen LogP contribution in [0.3, 0.4) is 0 Å². The van der Waals surface area contributed by atoms with Crippen LogP contribution in [0, 0.1) is 0 Å². The quantitative estimate of drug-likeness (QED) is 0.630. The summed E-state index contributed by atoms with van der Waals surface area (Å²) in [5.41, 5.74) is 10.6. The Kier molecular flexibility index (Phi) is 6.43. The number of carboxylic acids is 1. The molecule has 116 valence electrons. The minimum Gasteiger partial charge on any atom is -0.475 e. The number of likely N-dealkylation sites (tertiary alicyclic amines) is 1. The summed E-state index contributed by atoms with van der Waals surface area (Å²) in [5.74, 6) is -3.39. The fourth-order valence-electron chi connectivity index (χ4n) is 1.59. The van der Waals surface area contributed by atoms with Crippen molar-refractivity contribution >= 4 is 17.8 Å². The minimum absolute atomic E-state index is 0.193. The average molecular weight is 299 g/mol. The summed E-state index contributed by atoms with van der Waals surface area (Å²) in [6, 6.07) is -1.00. The Balaban J connectivity index is 0.000000441. The molecule has 0 aromatic heterocycles. The van der Waals surface area contributed by atoms with Gasteiger partial charge in [0.2, 0.25) is 11.8 Å². The van der Waals surface area contributed by atoms with E-state index < -0.39 is 30.1 Å². The molecular weight excluding hydrogens is 283 g/mol. The molecule has 0 radical (unpaired) electrons. The summed E-state index contributed by atoms with van der Waals surface area (Å²) in [7, 11) is 0. The van der Waals surface area contributed by atoms with Gasteiger partial charge in [-0.3, -0.25) is 9.59 Å². The molecule has 0 aliphatic carbocycles. The first kappa shape index (κ1) is 18.2. The normalized spacial score (nSPS) is 19.9. The van der Waals surface area contributed by atoms with Crippen molar-refractivity contribution in [2.24, 2.45) is 11.5 Å². The smallest absolute Gasteiger partial charge is 0.475 e. The van der Waals surface area contributed by atoms with Gasteiger partial charge in [-0.1, -0.05) is 0 Å². The molecule has 5 N–H and O–H groups in total. The van der Waals surface area contributed by atoms with E-state index >= 15 is 0 Å². The van der Waals surface area contributed by atoms with Crippen molar-refractivity contribution in [2.45, 2.75) is 38.0 Å². The zero-order valence-electron chi connectivity index (χ0n) is 10.7. The van der Waals surface area contributed by atoms with E-state index in [4.69, 9.17) is 21.4 Å². The van der Waals surface area contributed by atoms with Crippen molar-refractivity contribution in [3.63, 3.8) is 0 Å². The van der Waals surface area contributed by atoms with E-state index in [9.17, 15) is 22.8 Å². The number of hydrogen-bond acceptors (Lipinski definition) is 4. The maximum atomic E-state index is 11.5. The van der Waals surface area contributed by atoms with Gasteiger partial charge in [0.1, 0.15) is 6.04 Å². The first-order valence-corrected chi connectivity index (χ1v) is 5.64. The fraction of sp³-hybridized carbons (Fsp3) is 0.700. The lowest BCUT2D eigenvalue weighted by Crippen LogP contribution is -2.49. The van der Waals surface area contributed by atoms with Crippen LogP contribution in [0.1, 0.15) is 19.8 Å². The zero-order valence-corrected chi connectivity index (χ0v) is 10.7. The van der Waals surface area contributed by atoms with Crippen LogP contribution in [0.15, 0.2) is 0 Å². The fourth-order valence-corrected chi connectivity index (χ4v) is 1.59. The van der Waals surface area contributed by atoms with Gasteiger partial charge in [0, 0.05) is 6.54 Å². The second kappa shape index (κ2) is 7.08. The summed E-state index contributed by atoms with van der Waals surface area (Å²) in [6.45, 7) is 2.20. The number of rotatable bonds is 2. The number of carboxylic acid groups (broad SMARTS) is 1. The maximum absolute atomic E-state index is 11.5. The van der Waals surface area contributed by atoms with Crippen molar-refractivity contribution in [1.29, 1.82) is 0 Å². The summed E-state index contributed by atoms with van der Waals surface area (Å²) in [4.78, 5) is 32.8. The summed E-state index contributed by atoms with van der Waals surface area (Å²) < 4.78 is 31.7. The predicted octanol–water partition coefficient (Wildman–Crippen LogP) is -0.557. The molecule has 7 nitrogen and oxygen atoms in total. The molecule has 1 rings (SSSR count). The molecule has 0 bridgehead atoms. The van der Waals surface area contributed by atoms with Gasteiger partial charge in [-0.2, -0.15) is 13.2 Å². The van der Waals surface area contributed by atoms with Crippen molar-refractivity contribution < 1.29 is 32.7 Å². The highest BCUT2D eigenvalue weighted by Crippen LogP contribution is 2.17. The number of halogens is 3. The third-order valence-corrected chi connectivity index (χ3v) is 2.50. The number of aliphatic carboxylic acids is 1. The van der Waals surface area contributed by atoms with Gasteiger partial charge in [0.15, 0.2) is 0 Å². The van der Waals surface area contributed by atoms with Gasteiger partial charge in [0.25, 0.3) is 0 Å². The number of alkyl halides is 3. The van der Waals surface area contributed by atoms with E-state index in [1.807, 2.05) is 0 Å². The maximum Gasteiger partial charge on any atom is 0.490 e. The minimum atomic E-state index is -5.08. The SMILES string of the molecule is C[C@H](N)C(=O)N1CCC[C@H]1C(N)=O.O=C(O)C(F)(F)F. The molecule has 0 saturated carbocycles. The first-order chi connectivity index (χ1) is 8.98. The van der Waals surface area contributed by atoms with Crippen LogP contribution in [0.5, 0.6) is 0 Å². The van der Waals surface area contributed by atoms with Crippen LogP contribution >= 0.6 is 0 Å². The molecule has 0 aromatic carbocycles. The standard InChI is InChI=1S/C8H15N3O2.C2HF3O2/c1-5(9)8(13)11-4-2-3-6(11)7(10)12;3-2(4,5)1(6)7/h5-6H,2-4,9H2,1H3,(H2,10,12);(H,6,7)/t5-,6-;/m0./s1. The largest absolute Gasteiger partial charge is 0.490 e. The van der Waals surface area contributed by atoms with Gasteiger partial charge >= 0.3 is 12.1 Å². The predicted molar refractivity (Wildman–Crippen MR) is 61.3 cm³/mol. The zero-order chi connectivity index (χ0) is 16.1. The first-order valence-electron chi connectivity index (χ1n) is 5.64. The summed E-state index contributed by atoms with van der Waals surface area (Å²) >= 11 is 0. The lowest BCUT2D eigenvalue weighted by atomic mass is 10.2. The highest BCUT2D eigenvalue weighted by atomic mass is 19.4. The van der Waals surface area contributed by atoms with Crippen LogP contribution in [0.2, 0.25) is 0 Å². The van der Waals surface area contributed by atoms with Crippen molar-refractivity contribution in [1.82, 2.24) is 4.90 Å². The highest BCUT2D eigenvalue weighted by Gasteiger charge is 2.38. The average Bonchev–Trinajstić information content (AvgIpc) is 2.75. The number of amides is 2. The van der Waals surface area contributed by atoms with Gasteiger partial charge in [0.05, 0.1) is 6.04 Å². The number of nitrogens with two attached hydrogens (primary N) is 2. The number of carbonyl (C=O) groups is 3. The van der Waals surface area contributed by atoms with Crippen LogP contribution < -0.4 is 11.5 Å². The van der Waals surface area contributed by atoms with E-state index in [0.717, 1.165) is 6.42 Å². The van der Waals surface area contributed by atoms with Crippen LogP contribution in [-0.4, -0.2) is 52.6 Å². The second-order valence-electron chi connectivity index (χ2n) is 4.18. The number of primary amides is 1. The number of hydrogen-bond donors (Lipinski definition) is 3. The van der Waals surface area contributed by atoms with Gasteiger partial charge in [-0.05, 0) is 19.8 Å². The lowest BCUT2D eigenvalue weighted by Gasteiger charge is -2.23. The molecule has 0 unspecified atom stereocenters. The van der Waals surface area contributed by atoms with E-state index in [2.05, 4.69) is 0 Å². The topological polar surface area (TPSA) is 127 Å². The van der Waals surface area contributed by atoms with E-state index in [0.29, 0.717) is 13.0 Å². The van der Waals surface area contributed by atoms with E-state index in [1.54, 1.807) is 6.92 Å². The number of carbonyl (C=O) groups excluding carboxylic acids is 2. The lowest BCUT2D eigenvalue weighted by molar-refractivity contribution is -0.192. The Bertz CT molecular complexity index is 384. The Morgan fingerprint density at radius 3 is 2.10 bits per heavy atom. The summed E-state index contributed by atoms with van der Waals surface area (Å²) in [6.07, 6.45) is -3.60. The molecule has 2 amide bonds. The molecule has 2 atom stereocenters. The third-order valence-electron chi connectivity index (χ3n) is 2.50. The van der Waals surface area contributed by atoms with Gasteiger partial charge in [-0.15, -0.1) is 0 Å². The van der Waals surface area contributed by atoms with Crippen molar-refractivity contribution in [3.05, 3.63) is 0 Å². The molecule has 1 aliphatic heterocycles. The molecular formula is C10H16F3N3O4. The highest BCUT2D eigenvalue weighted by molar-refractivity contribution is 5.89. The molecule has 0 aromatic rings. The van der Waals surface area contributed by atoms with Gasteiger partial charge < -0.3 is 21.5 Å². The molecule has 20 heavy (non-hydrogen) atoms. The van der Waals surface area contributed by atoms with Gasteiger partial charge in [-0.25, -0.2) is 4.79 Å². The Morgan fingerprint density at radius 2 is 1.80 bits per heavy atom. The monoisotopic (exact) mass is 299 g/mol. The second-order valence-corrected chi connectivity index (χ2v) is 4.18. The Hall–Kier alpha value is -1.84. The Morgan fingerprint density at radius 1 is 1.35 bits per heavy atom. The van der Waals surface area contributed by atoms with Crippen molar-refractivity contribution in [3.8, 4) is 0 Å². The molecule has 10 heteroatoms. The number of nitrogens with zero attached hydrogens (tertiary/aromatic N) is 1.